The van der Waals surface area contributed by atoms with E-state index >= 15 is 0 Å². The number of aliphatic imine (C=N–C) groups is 1. The van der Waals surface area contributed by atoms with Gasteiger partial charge in [-0.25, -0.2) is 0 Å². The number of aryl methyl sites for hydroxylation is 2. The second-order valence-corrected chi connectivity index (χ2v) is 5.87. The summed E-state index contributed by atoms with van der Waals surface area (Å²) < 4.78 is 7.53. The largest absolute Gasteiger partial charge is 0.492 e. The Kier molecular flexibility index (Phi) is 6.49. The summed E-state index contributed by atoms with van der Waals surface area (Å²) in [5.74, 6) is 1.49. The first-order chi connectivity index (χ1) is 11.5. The van der Waals surface area contributed by atoms with Crippen molar-refractivity contribution < 1.29 is 4.74 Å². The van der Waals surface area contributed by atoms with Crippen LogP contribution in [-0.2, 0) is 13.6 Å². The summed E-state index contributed by atoms with van der Waals surface area (Å²) in [5.41, 5.74) is 3.37. The standard InChI is InChI=1S/C17H24ClN5O/c1-12-16(13(2)23(4)22-12)11-21-17(19-3)20-8-9-24-15-7-5-6-14(18)10-15/h5-7,10H,8-9,11H2,1-4H3,(H2,19,20,21). The lowest BCUT2D eigenvalue weighted by molar-refractivity contribution is 0.322. The Morgan fingerprint density at radius 2 is 2.12 bits per heavy atom. The van der Waals surface area contributed by atoms with Gasteiger partial charge in [-0.1, -0.05) is 17.7 Å². The number of guanidine groups is 1. The molecule has 0 amide bonds. The number of halogens is 1. The molecule has 0 atom stereocenters. The Morgan fingerprint density at radius 3 is 2.75 bits per heavy atom. The topological polar surface area (TPSA) is 63.5 Å². The van der Waals surface area contributed by atoms with E-state index in [0.717, 1.165) is 23.1 Å². The van der Waals surface area contributed by atoms with Gasteiger partial charge in [0.1, 0.15) is 12.4 Å². The summed E-state index contributed by atoms with van der Waals surface area (Å²) in [6, 6.07) is 7.36. The van der Waals surface area contributed by atoms with Gasteiger partial charge in [0.15, 0.2) is 5.96 Å². The first-order valence-electron chi connectivity index (χ1n) is 7.83. The van der Waals surface area contributed by atoms with Gasteiger partial charge in [-0.3, -0.25) is 9.67 Å². The third kappa shape index (κ3) is 4.89. The lowest BCUT2D eigenvalue weighted by Crippen LogP contribution is -2.39. The SMILES string of the molecule is CN=C(NCCOc1cccc(Cl)c1)NCc1c(C)nn(C)c1C. The minimum Gasteiger partial charge on any atom is -0.492 e. The molecule has 130 valence electrons. The lowest BCUT2D eigenvalue weighted by Gasteiger charge is -2.13. The van der Waals surface area contributed by atoms with Crippen LogP contribution in [0.25, 0.3) is 0 Å². The molecule has 0 unspecified atom stereocenters. The summed E-state index contributed by atoms with van der Waals surface area (Å²) >= 11 is 5.93. The lowest BCUT2D eigenvalue weighted by atomic mass is 10.2. The fourth-order valence-corrected chi connectivity index (χ4v) is 2.54. The van der Waals surface area contributed by atoms with E-state index in [4.69, 9.17) is 16.3 Å². The third-order valence-electron chi connectivity index (χ3n) is 3.77. The molecule has 1 heterocycles. The number of hydrogen-bond acceptors (Lipinski definition) is 3. The van der Waals surface area contributed by atoms with Gasteiger partial charge in [0.05, 0.1) is 12.2 Å². The molecule has 0 saturated heterocycles. The van der Waals surface area contributed by atoms with Crippen LogP contribution in [0.15, 0.2) is 29.3 Å². The molecule has 0 saturated carbocycles. The van der Waals surface area contributed by atoms with E-state index in [2.05, 4.69) is 27.6 Å². The Bertz CT molecular complexity index is 711. The average Bonchev–Trinajstić information content (AvgIpc) is 2.80. The Morgan fingerprint density at radius 1 is 1.33 bits per heavy atom. The molecule has 0 fully saturated rings. The first kappa shape index (κ1) is 18.1. The van der Waals surface area contributed by atoms with E-state index in [1.165, 1.54) is 5.56 Å². The van der Waals surface area contributed by atoms with Gasteiger partial charge in [0.25, 0.3) is 0 Å². The van der Waals surface area contributed by atoms with Crippen LogP contribution < -0.4 is 15.4 Å². The Balaban J connectivity index is 1.76. The van der Waals surface area contributed by atoms with E-state index in [0.29, 0.717) is 24.7 Å². The van der Waals surface area contributed by atoms with Crippen LogP contribution in [0, 0.1) is 13.8 Å². The van der Waals surface area contributed by atoms with E-state index in [1.54, 1.807) is 13.1 Å². The highest BCUT2D eigenvalue weighted by atomic mass is 35.5. The predicted molar refractivity (Wildman–Crippen MR) is 97.8 cm³/mol. The highest BCUT2D eigenvalue weighted by Crippen LogP contribution is 2.16. The van der Waals surface area contributed by atoms with Crippen LogP contribution in [0.4, 0.5) is 0 Å². The number of aromatic nitrogens is 2. The highest BCUT2D eigenvalue weighted by Gasteiger charge is 2.09. The molecule has 0 spiro atoms. The van der Waals surface area contributed by atoms with Crippen LogP contribution >= 0.6 is 11.6 Å². The molecule has 2 rings (SSSR count). The summed E-state index contributed by atoms with van der Waals surface area (Å²) in [5, 5.41) is 11.6. The maximum atomic E-state index is 5.93. The maximum absolute atomic E-state index is 5.93. The quantitative estimate of drug-likeness (QED) is 0.477. The molecule has 0 aliphatic carbocycles. The summed E-state index contributed by atoms with van der Waals surface area (Å²) in [4.78, 5) is 4.22. The van der Waals surface area contributed by atoms with Crippen LogP contribution in [0.3, 0.4) is 0 Å². The molecular weight excluding hydrogens is 326 g/mol. The van der Waals surface area contributed by atoms with Crippen molar-refractivity contribution in [3.8, 4) is 5.75 Å². The molecule has 2 N–H and O–H groups in total. The van der Waals surface area contributed by atoms with Gasteiger partial charge >= 0.3 is 0 Å². The van der Waals surface area contributed by atoms with Crippen molar-refractivity contribution in [2.75, 3.05) is 20.2 Å². The first-order valence-corrected chi connectivity index (χ1v) is 8.21. The second kappa shape index (κ2) is 8.59. The molecule has 0 aliphatic rings. The molecule has 1 aromatic carbocycles. The maximum Gasteiger partial charge on any atom is 0.191 e. The summed E-state index contributed by atoms with van der Waals surface area (Å²) in [6.45, 7) is 5.91. The van der Waals surface area contributed by atoms with Crippen molar-refractivity contribution in [3.05, 3.63) is 46.2 Å². The van der Waals surface area contributed by atoms with Crippen molar-refractivity contribution in [1.29, 1.82) is 0 Å². The molecular formula is C17H24ClN5O. The van der Waals surface area contributed by atoms with E-state index in [1.807, 2.05) is 36.9 Å². The number of benzene rings is 1. The van der Waals surface area contributed by atoms with Crippen LogP contribution in [0.2, 0.25) is 5.02 Å². The van der Waals surface area contributed by atoms with Gasteiger partial charge in [0.2, 0.25) is 0 Å². The minimum atomic E-state index is 0.520. The minimum absolute atomic E-state index is 0.520. The van der Waals surface area contributed by atoms with Crippen molar-refractivity contribution in [2.24, 2.45) is 12.0 Å². The number of hydrogen-bond donors (Lipinski definition) is 2. The van der Waals surface area contributed by atoms with E-state index in [9.17, 15) is 0 Å². The normalized spacial score (nSPS) is 11.5. The Hall–Kier alpha value is -2.21. The molecule has 1 aromatic heterocycles. The number of rotatable bonds is 6. The van der Waals surface area contributed by atoms with Crippen molar-refractivity contribution in [3.63, 3.8) is 0 Å². The highest BCUT2D eigenvalue weighted by molar-refractivity contribution is 6.30. The molecule has 24 heavy (non-hydrogen) atoms. The zero-order valence-electron chi connectivity index (χ0n) is 14.6. The number of ether oxygens (including phenoxy) is 1. The number of nitrogens with one attached hydrogen (secondary N) is 2. The summed E-state index contributed by atoms with van der Waals surface area (Å²) in [7, 11) is 3.70. The molecule has 0 radical (unpaired) electrons. The van der Waals surface area contributed by atoms with Crippen LogP contribution in [-0.4, -0.2) is 35.9 Å². The zero-order chi connectivity index (χ0) is 17.5. The fourth-order valence-electron chi connectivity index (χ4n) is 2.36. The molecule has 2 aromatic rings. The molecule has 6 nitrogen and oxygen atoms in total. The van der Waals surface area contributed by atoms with Gasteiger partial charge in [-0.05, 0) is 32.0 Å². The van der Waals surface area contributed by atoms with Crippen molar-refractivity contribution in [2.45, 2.75) is 20.4 Å². The van der Waals surface area contributed by atoms with E-state index in [-0.39, 0.29) is 0 Å². The van der Waals surface area contributed by atoms with E-state index < -0.39 is 0 Å². The average molecular weight is 350 g/mol. The second-order valence-electron chi connectivity index (χ2n) is 5.43. The van der Waals surface area contributed by atoms with Gasteiger partial charge < -0.3 is 15.4 Å². The number of nitrogens with zero attached hydrogens (tertiary/aromatic N) is 3. The zero-order valence-corrected chi connectivity index (χ0v) is 15.3. The van der Waals surface area contributed by atoms with Gasteiger partial charge in [-0.15, -0.1) is 0 Å². The molecule has 7 heteroatoms. The molecule has 0 aliphatic heterocycles. The smallest absolute Gasteiger partial charge is 0.191 e. The van der Waals surface area contributed by atoms with Crippen LogP contribution in [0.1, 0.15) is 17.0 Å². The third-order valence-corrected chi connectivity index (χ3v) is 4.01. The van der Waals surface area contributed by atoms with Gasteiger partial charge in [-0.2, -0.15) is 5.10 Å². The Labute approximate surface area is 147 Å². The molecule has 0 bridgehead atoms. The van der Waals surface area contributed by atoms with Gasteiger partial charge in [0, 0.05) is 36.9 Å². The van der Waals surface area contributed by atoms with Crippen molar-refractivity contribution >= 4 is 17.6 Å². The van der Waals surface area contributed by atoms with Crippen LogP contribution in [0.5, 0.6) is 5.75 Å². The summed E-state index contributed by atoms with van der Waals surface area (Å²) in [6.07, 6.45) is 0. The van der Waals surface area contributed by atoms with Crippen molar-refractivity contribution in [1.82, 2.24) is 20.4 Å². The monoisotopic (exact) mass is 349 g/mol. The fraction of sp³-hybridized carbons (Fsp3) is 0.412. The predicted octanol–water partition coefficient (Wildman–Crippen LogP) is 2.43.